The number of rotatable bonds is 17. The predicted octanol–water partition coefficient (Wildman–Crippen LogP) is 0.156. The van der Waals surface area contributed by atoms with Crippen LogP contribution in [0, 0.1) is 0 Å². The van der Waals surface area contributed by atoms with Crippen LogP contribution in [0.25, 0.3) is 0 Å². The normalized spacial score (nSPS) is 19.4. The highest BCUT2D eigenvalue weighted by molar-refractivity contribution is 7.88. The zero-order valence-corrected chi connectivity index (χ0v) is 29.3. The van der Waals surface area contributed by atoms with Crippen LogP contribution < -0.4 is 5.32 Å². The topological polar surface area (TPSA) is 158 Å². The third-order valence-electron chi connectivity index (χ3n) is 7.82. The van der Waals surface area contributed by atoms with Gasteiger partial charge in [-0.05, 0) is 45.6 Å². The minimum absolute atomic E-state index is 0.0189. The summed E-state index contributed by atoms with van der Waals surface area (Å²) < 4.78 is 44.4. The zero-order chi connectivity index (χ0) is 34.7. The standard InChI is InChI=1S/C32H55N5O9S/c1-5-44-29(39)24-34-18-16-33-28(14-11-23-38)32(37(47(4,42)43)17-15-27-12-9-8-10-13-27)36(26-31(41)46-7-3)22-21-35(20-19-34)25-30(40)45-6-2/h8-10,12-13,28,32-33,38H,5-7,11,14-26H2,1-4H3. The third-order valence-corrected chi connectivity index (χ3v) is 9.07. The van der Waals surface area contributed by atoms with Crippen LogP contribution in [0.15, 0.2) is 30.3 Å². The van der Waals surface area contributed by atoms with Crippen LogP contribution in [0.4, 0.5) is 0 Å². The molecule has 0 spiro atoms. The summed E-state index contributed by atoms with van der Waals surface area (Å²) in [5.74, 6) is -1.27. The molecule has 1 fully saturated rings. The number of ether oxygens (including phenoxy) is 3. The van der Waals surface area contributed by atoms with Crippen molar-refractivity contribution in [2.75, 3.05) is 98.1 Å². The van der Waals surface area contributed by atoms with Crippen LogP contribution >= 0.6 is 0 Å². The van der Waals surface area contributed by atoms with Crippen molar-refractivity contribution in [1.82, 2.24) is 24.3 Å². The van der Waals surface area contributed by atoms with Gasteiger partial charge in [-0.2, -0.15) is 4.31 Å². The summed E-state index contributed by atoms with van der Waals surface area (Å²) in [5, 5.41) is 13.3. The zero-order valence-electron chi connectivity index (χ0n) is 28.5. The molecule has 1 aliphatic heterocycles. The first-order valence-corrected chi connectivity index (χ1v) is 18.4. The Morgan fingerprint density at radius 1 is 0.851 bits per heavy atom. The van der Waals surface area contributed by atoms with E-state index in [0.717, 1.165) is 11.8 Å². The van der Waals surface area contributed by atoms with E-state index in [0.29, 0.717) is 52.0 Å². The molecule has 2 N–H and O–H groups in total. The molecule has 0 saturated carbocycles. The van der Waals surface area contributed by atoms with Crippen LogP contribution in [-0.2, 0) is 45.0 Å². The van der Waals surface area contributed by atoms with Crippen LogP contribution in [0.1, 0.15) is 39.2 Å². The number of hydrogen-bond acceptors (Lipinski definition) is 13. The van der Waals surface area contributed by atoms with Crippen LogP contribution in [-0.4, -0.2) is 161 Å². The van der Waals surface area contributed by atoms with Gasteiger partial charge in [0.25, 0.3) is 0 Å². The Hall–Kier alpha value is -2.66. The third kappa shape index (κ3) is 15.4. The molecule has 1 heterocycles. The maximum atomic E-state index is 13.6. The number of benzene rings is 1. The van der Waals surface area contributed by atoms with Crippen LogP contribution in [0.3, 0.4) is 0 Å². The second-order valence-electron chi connectivity index (χ2n) is 11.4. The molecule has 2 unspecified atom stereocenters. The Morgan fingerprint density at radius 2 is 1.38 bits per heavy atom. The highest BCUT2D eigenvalue weighted by atomic mass is 32.2. The summed E-state index contributed by atoms with van der Waals surface area (Å²) in [6, 6.07) is 9.05. The van der Waals surface area contributed by atoms with Crippen molar-refractivity contribution in [1.29, 1.82) is 0 Å². The molecule has 2 atom stereocenters. The number of carbonyl (C=O) groups is 3. The van der Waals surface area contributed by atoms with Crippen molar-refractivity contribution < 1.29 is 42.1 Å². The Balaban J connectivity index is 2.60. The lowest BCUT2D eigenvalue weighted by Crippen LogP contribution is -2.63. The van der Waals surface area contributed by atoms with Gasteiger partial charge in [-0.25, -0.2) is 8.42 Å². The molecule has 15 heteroatoms. The van der Waals surface area contributed by atoms with Gasteiger partial charge in [-0.3, -0.25) is 29.1 Å². The summed E-state index contributed by atoms with van der Waals surface area (Å²) in [6.07, 6.45) is 1.55. The van der Waals surface area contributed by atoms with Gasteiger partial charge in [-0.15, -0.1) is 0 Å². The first-order chi connectivity index (χ1) is 22.5. The molecule has 0 bridgehead atoms. The molecular formula is C32H55N5O9S. The van der Waals surface area contributed by atoms with Crippen molar-refractivity contribution >= 4 is 27.9 Å². The average Bonchev–Trinajstić information content (AvgIpc) is 3.01. The molecule has 0 amide bonds. The average molecular weight is 686 g/mol. The Labute approximate surface area is 280 Å². The molecule has 2 rings (SSSR count). The highest BCUT2D eigenvalue weighted by Gasteiger charge is 2.38. The molecule has 0 aromatic heterocycles. The first-order valence-electron chi connectivity index (χ1n) is 16.5. The molecule has 0 radical (unpaired) electrons. The van der Waals surface area contributed by atoms with E-state index in [9.17, 15) is 27.9 Å². The van der Waals surface area contributed by atoms with E-state index < -0.39 is 34.2 Å². The van der Waals surface area contributed by atoms with E-state index in [1.165, 1.54) is 4.31 Å². The molecule has 1 aromatic carbocycles. The SMILES string of the molecule is CCOC(=O)CN1CCNC(CCCO)C(N(CCc2ccccc2)S(C)(=O)=O)N(CC(=O)OCC)CCN(CC(=O)OCC)CC1. The quantitative estimate of drug-likeness (QED) is 0.169. The van der Waals surface area contributed by atoms with Crippen molar-refractivity contribution in [3.05, 3.63) is 35.9 Å². The van der Waals surface area contributed by atoms with Gasteiger partial charge in [0.15, 0.2) is 0 Å². The molecule has 1 aliphatic rings. The number of nitrogens with one attached hydrogen (secondary N) is 1. The lowest BCUT2D eigenvalue weighted by molar-refractivity contribution is -0.147. The molecular weight excluding hydrogens is 630 g/mol. The molecule has 268 valence electrons. The Morgan fingerprint density at radius 3 is 1.91 bits per heavy atom. The lowest BCUT2D eigenvalue weighted by Gasteiger charge is -2.44. The molecule has 1 aromatic rings. The minimum atomic E-state index is -3.83. The molecule has 1 saturated heterocycles. The number of sulfonamides is 1. The lowest BCUT2D eigenvalue weighted by atomic mass is 10.1. The van der Waals surface area contributed by atoms with Crippen molar-refractivity contribution in [2.45, 2.75) is 52.2 Å². The van der Waals surface area contributed by atoms with Crippen LogP contribution in [0.5, 0.6) is 0 Å². The van der Waals surface area contributed by atoms with E-state index in [4.69, 9.17) is 14.2 Å². The first kappa shape index (κ1) is 40.5. The Kier molecular flexibility index (Phi) is 19.0. The monoisotopic (exact) mass is 685 g/mol. The number of esters is 3. The molecule has 47 heavy (non-hydrogen) atoms. The maximum absolute atomic E-state index is 13.6. The molecule has 14 nitrogen and oxygen atoms in total. The van der Waals surface area contributed by atoms with E-state index >= 15 is 0 Å². The van der Waals surface area contributed by atoms with Gasteiger partial charge in [0.2, 0.25) is 10.0 Å². The van der Waals surface area contributed by atoms with Crippen LogP contribution in [0.2, 0.25) is 0 Å². The fourth-order valence-electron chi connectivity index (χ4n) is 5.64. The van der Waals surface area contributed by atoms with E-state index in [2.05, 4.69) is 5.32 Å². The summed E-state index contributed by atoms with van der Waals surface area (Å²) in [7, 11) is -3.83. The largest absolute Gasteiger partial charge is 0.465 e. The van der Waals surface area contributed by atoms with Gasteiger partial charge in [0, 0.05) is 58.5 Å². The van der Waals surface area contributed by atoms with E-state index in [1.54, 1.807) is 25.7 Å². The predicted molar refractivity (Wildman–Crippen MR) is 178 cm³/mol. The van der Waals surface area contributed by atoms with Gasteiger partial charge in [0.05, 0.1) is 51.9 Å². The second kappa shape index (κ2) is 22.1. The fourth-order valence-corrected chi connectivity index (χ4v) is 6.74. The molecule has 0 aliphatic carbocycles. The second-order valence-corrected chi connectivity index (χ2v) is 13.3. The summed E-state index contributed by atoms with van der Waals surface area (Å²) in [5.41, 5.74) is 0.960. The Bertz CT molecular complexity index is 1170. The van der Waals surface area contributed by atoms with Crippen molar-refractivity contribution in [3.8, 4) is 0 Å². The number of aliphatic hydroxyl groups excluding tert-OH is 1. The number of carbonyl (C=O) groups excluding carboxylic acids is 3. The van der Waals surface area contributed by atoms with Crippen molar-refractivity contribution in [3.63, 3.8) is 0 Å². The van der Waals surface area contributed by atoms with Crippen molar-refractivity contribution in [2.24, 2.45) is 0 Å². The highest BCUT2D eigenvalue weighted by Crippen LogP contribution is 2.20. The van der Waals surface area contributed by atoms with Gasteiger partial charge in [0.1, 0.15) is 0 Å². The van der Waals surface area contributed by atoms with Gasteiger partial charge < -0.3 is 24.6 Å². The number of nitrogens with zero attached hydrogens (tertiary/aromatic N) is 4. The minimum Gasteiger partial charge on any atom is -0.465 e. The number of aliphatic hydroxyl groups is 1. The van der Waals surface area contributed by atoms with E-state index in [-0.39, 0.29) is 65.1 Å². The maximum Gasteiger partial charge on any atom is 0.320 e. The van der Waals surface area contributed by atoms with Gasteiger partial charge >= 0.3 is 17.9 Å². The number of hydrogen-bond donors (Lipinski definition) is 2. The summed E-state index contributed by atoms with van der Waals surface area (Å²) >= 11 is 0. The smallest absolute Gasteiger partial charge is 0.320 e. The summed E-state index contributed by atoms with van der Waals surface area (Å²) in [6.45, 7) is 7.91. The van der Waals surface area contributed by atoms with E-state index in [1.807, 2.05) is 40.1 Å². The van der Waals surface area contributed by atoms with Gasteiger partial charge in [-0.1, -0.05) is 30.3 Å². The summed E-state index contributed by atoms with van der Waals surface area (Å²) in [4.78, 5) is 43.7. The fraction of sp³-hybridized carbons (Fsp3) is 0.719.